The summed E-state index contributed by atoms with van der Waals surface area (Å²) in [4.78, 5) is 27.6. The van der Waals surface area contributed by atoms with E-state index in [-0.39, 0.29) is 23.2 Å². The van der Waals surface area contributed by atoms with Crippen molar-refractivity contribution in [2.75, 3.05) is 31.1 Å². The number of thiophene rings is 1. The number of anilines is 1. The van der Waals surface area contributed by atoms with Gasteiger partial charge in [0.2, 0.25) is 0 Å². The van der Waals surface area contributed by atoms with E-state index in [4.69, 9.17) is 11.6 Å². The van der Waals surface area contributed by atoms with E-state index in [1.165, 1.54) is 10.5 Å². The first-order valence-electron chi connectivity index (χ1n) is 12.8. The van der Waals surface area contributed by atoms with Crippen LogP contribution in [-0.4, -0.2) is 58.2 Å². The molecular weight excluding hydrogens is 504 g/mol. The van der Waals surface area contributed by atoms with Crippen molar-refractivity contribution in [3.05, 3.63) is 58.2 Å². The number of benzene rings is 1. The third-order valence-corrected chi connectivity index (χ3v) is 8.42. The van der Waals surface area contributed by atoms with E-state index in [0.29, 0.717) is 18.1 Å². The van der Waals surface area contributed by atoms with Crippen LogP contribution in [0.2, 0.25) is 5.02 Å². The highest BCUT2D eigenvalue weighted by atomic mass is 35.5. The van der Waals surface area contributed by atoms with Gasteiger partial charge < -0.3 is 20.4 Å². The second kappa shape index (κ2) is 9.89. The predicted octanol–water partition coefficient (Wildman–Crippen LogP) is 5.87. The molecule has 2 aliphatic heterocycles. The third-order valence-electron chi connectivity index (χ3n) is 6.99. The molecule has 7 nitrogen and oxygen atoms in total. The van der Waals surface area contributed by atoms with Crippen LogP contribution in [0, 0.1) is 0 Å². The van der Waals surface area contributed by atoms with E-state index < -0.39 is 0 Å². The summed E-state index contributed by atoms with van der Waals surface area (Å²) in [6.45, 7) is 13.7. The molecule has 2 amide bonds. The molecule has 1 fully saturated rings. The number of carbonyl (C=O) groups excluding carboxylic acids is 1. The molecule has 0 bridgehead atoms. The number of carbonyl (C=O) groups is 1. The SMILES string of the molecule is CC(NC(=O)N1CCN(c2ncnc3cc(C4=CC(C)(C)NC(C)(C)C4)sc23)CC1)c1cccc(Cl)c1. The molecule has 1 unspecified atom stereocenters. The van der Waals surface area contributed by atoms with Crippen LogP contribution in [0.25, 0.3) is 15.8 Å². The van der Waals surface area contributed by atoms with Crippen molar-refractivity contribution in [1.82, 2.24) is 25.5 Å². The molecule has 1 aromatic carbocycles. The lowest BCUT2D eigenvalue weighted by Gasteiger charge is -2.41. The van der Waals surface area contributed by atoms with Gasteiger partial charge in [0.05, 0.1) is 16.3 Å². The zero-order valence-electron chi connectivity index (χ0n) is 22.1. The van der Waals surface area contributed by atoms with Gasteiger partial charge in [-0.2, -0.15) is 0 Å². The van der Waals surface area contributed by atoms with Crippen molar-refractivity contribution in [3.63, 3.8) is 0 Å². The average Bonchev–Trinajstić information content (AvgIpc) is 3.27. The molecule has 2 aromatic heterocycles. The Morgan fingerprint density at radius 1 is 1.14 bits per heavy atom. The zero-order valence-corrected chi connectivity index (χ0v) is 23.7. The van der Waals surface area contributed by atoms with Crippen molar-refractivity contribution >= 4 is 50.6 Å². The largest absolute Gasteiger partial charge is 0.352 e. The number of hydrogen-bond acceptors (Lipinski definition) is 6. The second-order valence-electron chi connectivity index (χ2n) is 11.3. The number of urea groups is 1. The molecule has 37 heavy (non-hydrogen) atoms. The highest BCUT2D eigenvalue weighted by molar-refractivity contribution is 7.20. The lowest BCUT2D eigenvalue weighted by Crippen LogP contribution is -2.53. The van der Waals surface area contributed by atoms with Crippen LogP contribution in [0.3, 0.4) is 0 Å². The molecular formula is C28H35ClN6OS. The Labute approximate surface area is 227 Å². The van der Waals surface area contributed by atoms with E-state index in [1.807, 2.05) is 36.1 Å². The number of nitrogens with zero attached hydrogens (tertiary/aromatic N) is 4. The maximum atomic E-state index is 12.9. The van der Waals surface area contributed by atoms with Crippen LogP contribution >= 0.6 is 22.9 Å². The molecule has 4 heterocycles. The Bertz CT molecular complexity index is 1340. The minimum absolute atomic E-state index is 0.0272. The quantitative estimate of drug-likeness (QED) is 0.434. The molecule has 0 saturated carbocycles. The molecule has 1 saturated heterocycles. The van der Waals surface area contributed by atoms with Gasteiger partial charge in [-0.05, 0) is 70.4 Å². The van der Waals surface area contributed by atoms with Crippen LogP contribution in [0.1, 0.15) is 57.5 Å². The zero-order chi connectivity index (χ0) is 26.4. The van der Waals surface area contributed by atoms with E-state index in [1.54, 1.807) is 17.7 Å². The van der Waals surface area contributed by atoms with Gasteiger partial charge in [0, 0.05) is 47.2 Å². The van der Waals surface area contributed by atoms with E-state index >= 15 is 0 Å². The summed E-state index contributed by atoms with van der Waals surface area (Å²) in [5.74, 6) is 0.960. The van der Waals surface area contributed by atoms with Crippen LogP contribution in [0.4, 0.5) is 10.6 Å². The van der Waals surface area contributed by atoms with E-state index in [2.05, 4.69) is 65.3 Å². The number of nitrogens with one attached hydrogen (secondary N) is 2. The highest BCUT2D eigenvalue weighted by Gasteiger charge is 2.33. The number of fused-ring (bicyclic) bond motifs is 1. The lowest BCUT2D eigenvalue weighted by molar-refractivity contribution is 0.191. The van der Waals surface area contributed by atoms with Gasteiger partial charge in [-0.15, -0.1) is 11.3 Å². The first-order chi connectivity index (χ1) is 17.5. The normalized spacial score (nSPS) is 20.0. The summed E-state index contributed by atoms with van der Waals surface area (Å²) in [7, 11) is 0. The Morgan fingerprint density at radius 3 is 2.59 bits per heavy atom. The van der Waals surface area contributed by atoms with Crippen LogP contribution in [-0.2, 0) is 0 Å². The predicted molar refractivity (Wildman–Crippen MR) is 153 cm³/mol. The summed E-state index contributed by atoms with van der Waals surface area (Å²) in [5.41, 5.74) is 3.29. The topological polar surface area (TPSA) is 73.4 Å². The summed E-state index contributed by atoms with van der Waals surface area (Å²) < 4.78 is 1.11. The van der Waals surface area contributed by atoms with Gasteiger partial charge in [0.25, 0.3) is 0 Å². The fourth-order valence-electron chi connectivity index (χ4n) is 5.56. The second-order valence-corrected chi connectivity index (χ2v) is 12.8. The van der Waals surface area contributed by atoms with Gasteiger partial charge in [0.15, 0.2) is 0 Å². The summed E-state index contributed by atoms with van der Waals surface area (Å²) in [6.07, 6.45) is 4.97. The summed E-state index contributed by atoms with van der Waals surface area (Å²) in [5, 5.41) is 7.49. The number of halogens is 1. The van der Waals surface area contributed by atoms with Gasteiger partial charge in [-0.25, -0.2) is 14.8 Å². The van der Waals surface area contributed by atoms with Crippen LogP contribution in [0.5, 0.6) is 0 Å². The highest BCUT2D eigenvalue weighted by Crippen LogP contribution is 2.40. The van der Waals surface area contributed by atoms with Crippen molar-refractivity contribution in [2.24, 2.45) is 0 Å². The first kappa shape index (κ1) is 25.9. The molecule has 2 N–H and O–H groups in total. The molecule has 3 aromatic rings. The molecule has 1 atom stereocenters. The average molecular weight is 539 g/mol. The Balaban J connectivity index is 1.28. The summed E-state index contributed by atoms with van der Waals surface area (Å²) in [6, 6.07) is 9.64. The monoisotopic (exact) mass is 538 g/mol. The fraction of sp³-hybridized carbons (Fsp3) is 0.464. The number of amides is 2. The number of rotatable bonds is 4. The van der Waals surface area contributed by atoms with Crippen LogP contribution < -0.4 is 15.5 Å². The Morgan fingerprint density at radius 2 is 1.89 bits per heavy atom. The van der Waals surface area contributed by atoms with Gasteiger partial charge in [0.1, 0.15) is 12.1 Å². The maximum absolute atomic E-state index is 12.9. The number of piperazine rings is 1. The van der Waals surface area contributed by atoms with Crippen molar-refractivity contribution in [2.45, 2.75) is 58.2 Å². The Kier molecular flexibility index (Phi) is 6.94. The van der Waals surface area contributed by atoms with E-state index in [0.717, 1.165) is 41.1 Å². The van der Waals surface area contributed by atoms with Gasteiger partial charge in [-0.1, -0.05) is 29.8 Å². The van der Waals surface area contributed by atoms with Crippen LogP contribution in [0.15, 0.2) is 42.7 Å². The first-order valence-corrected chi connectivity index (χ1v) is 14.0. The smallest absolute Gasteiger partial charge is 0.317 e. The van der Waals surface area contributed by atoms with E-state index in [9.17, 15) is 4.79 Å². The molecule has 0 spiro atoms. The molecule has 2 aliphatic rings. The molecule has 196 valence electrons. The maximum Gasteiger partial charge on any atom is 0.317 e. The van der Waals surface area contributed by atoms with Crippen molar-refractivity contribution in [3.8, 4) is 0 Å². The lowest BCUT2D eigenvalue weighted by atomic mass is 9.83. The molecule has 9 heteroatoms. The minimum atomic E-state index is -0.116. The minimum Gasteiger partial charge on any atom is -0.352 e. The number of aromatic nitrogens is 2. The molecule has 0 radical (unpaired) electrons. The Hall–Kier alpha value is -2.68. The van der Waals surface area contributed by atoms with Crippen molar-refractivity contribution < 1.29 is 4.79 Å². The molecule has 0 aliphatic carbocycles. The standard InChI is InChI=1S/C28H35ClN6OS/c1-18(19-7-6-8-21(29)13-19)32-26(36)35-11-9-34(10-12-35)25-24-22(30-17-31-25)14-23(37-24)20-15-27(2,3)33-28(4,5)16-20/h6-8,13-15,17-18,33H,9-12,16H2,1-5H3,(H,32,36). The van der Waals surface area contributed by atoms with Gasteiger partial charge in [-0.3, -0.25) is 0 Å². The third kappa shape index (κ3) is 5.76. The number of hydrogen-bond donors (Lipinski definition) is 2. The van der Waals surface area contributed by atoms with Gasteiger partial charge >= 0.3 is 6.03 Å². The van der Waals surface area contributed by atoms with Crippen molar-refractivity contribution in [1.29, 1.82) is 0 Å². The molecule has 5 rings (SSSR count). The fourth-order valence-corrected chi connectivity index (χ4v) is 6.90. The summed E-state index contributed by atoms with van der Waals surface area (Å²) >= 11 is 7.89.